The Bertz CT molecular complexity index is 279. The summed E-state index contributed by atoms with van der Waals surface area (Å²) in [6.07, 6.45) is 3.49. The van der Waals surface area contributed by atoms with Gasteiger partial charge in [0.2, 0.25) is 0 Å². The maximum absolute atomic E-state index is 9.57. The maximum atomic E-state index is 9.57. The van der Waals surface area contributed by atoms with E-state index in [2.05, 4.69) is 23.2 Å². The molecule has 2 fully saturated rings. The summed E-state index contributed by atoms with van der Waals surface area (Å²) in [5.41, 5.74) is -0.312. The van der Waals surface area contributed by atoms with Crippen LogP contribution in [0.3, 0.4) is 0 Å². The van der Waals surface area contributed by atoms with Crippen molar-refractivity contribution in [3.8, 4) is 6.07 Å². The molecule has 0 radical (unpaired) electrons. The van der Waals surface area contributed by atoms with Crippen molar-refractivity contribution < 1.29 is 4.74 Å². The van der Waals surface area contributed by atoms with Gasteiger partial charge < -0.3 is 4.74 Å². The van der Waals surface area contributed by atoms with E-state index in [1.54, 1.807) is 0 Å². The monoisotopic (exact) mass is 237 g/mol. The normalized spacial score (nSPS) is 25.2. The van der Waals surface area contributed by atoms with E-state index in [1.807, 2.05) is 0 Å². The summed E-state index contributed by atoms with van der Waals surface area (Å²) >= 11 is 0. The SMILES string of the molecule is CCCNC(C#N)(CN1CCOCC1)C1CC1. The lowest BCUT2D eigenvalue weighted by molar-refractivity contribution is 0.0267. The largest absolute Gasteiger partial charge is 0.379 e. The molecule has 1 N–H and O–H groups in total. The Hall–Kier alpha value is -0.630. The van der Waals surface area contributed by atoms with Crippen molar-refractivity contribution in [1.29, 1.82) is 5.26 Å². The highest BCUT2D eigenvalue weighted by atomic mass is 16.5. The highest BCUT2D eigenvalue weighted by molar-refractivity contribution is 5.16. The molecule has 1 saturated carbocycles. The minimum Gasteiger partial charge on any atom is -0.379 e. The van der Waals surface area contributed by atoms with Crippen LogP contribution in [0.4, 0.5) is 0 Å². The molecule has 0 spiro atoms. The van der Waals surface area contributed by atoms with E-state index in [9.17, 15) is 5.26 Å². The lowest BCUT2D eigenvalue weighted by Gasteiger charge is -2.36. The number of rotatable bonds is 6. The Morgan fingerprint density at radius 2 is 2.12 bits per heavy atom. The molecule has 0 aromatic heterocycles. The van der Waals surface area contributed by atoms with Gasteiger partial charge in [0.1, 0.15) is 5.54 Å². The average Bonchev–Trinajstić information content (AvgIpc) is 3.20. The topological polar surface area (TPSA) is 48.3 Å². The second-order valence-electron chi connectivity index (χ2n) is 5.17. The summed E-state index contributed by atoms with van der Waals surface area (Å²) in [4.78, 5) is 2.37. The summed E-state index contributed by atoms with van der Waals surface area (Å²) < 4.78 is 5.36. The highest BCUT2D eigenvalue weighted by Crippen LogP contribution is 2.40. The van der Waals surface area contributed by atoms with Crippen LogP contribution < -0.4 is 5.32 Å². The molecule has 4 heteroatoms. The molecule has 2 rings (SSSR count). The first-order chi connectivity index (χ1) is 8.30. The molecule has 1 atom stereocenters. The number of nitrogens with zero attached hydrogens (tertiary/aromatic N) is 2. The Morgan fingerprint density at radius 3 is 2.65 bits per heavy atom. The van der Waals surface area contributed by atoms with Crippen molar-refractivity contribution in [2.24, 2.45) is 5.92 Å². The second kappa shape index (κ2) is 5.81. The van der Waals surface area contributed by atoms with E-state index >= 15 is 0 Å². The number of morpholine rings is 1. The quantitative estimate of drug-likeness (QED) is 0.748. The van der Waals surface area contributed by atoms with Crippen molar-refractivity contribution in [2.45, 2.75) is 31.7 Å². The molecule has 1 unspecified atom stereocenters. The van der Waals surface area contributed by atoms with Gasteiger partial charge in [-0.05, 0) is 31.7 Å². The van der Waals surface area contributed by atoms with Crippen LogP contribution in [0.2, 0.25) is 0 Å². The summed E-state index contributed by atoms with van der Waals surface area (Å²) in [6, 6.07) is 2.57. The molecule has 1 saturated heterocycles. The van der Waals surface area contributed by atoms with Crippen LogP contribution in [0.25, 0.3) is 0 Å². The molecule has 4 nitrogen and oxygen atoms in total. The molecular formula is C13H23N3O. The van der Waals surface area contributed by atoms with Gasteiger partial charge in [-0.2, -0.15) is 5.26 Å². The van der Waals surface area contributed by atoms with Gasteiger partial charge in [-0.25, -0.2) is 0 Å². The molecule has 1 aliphatic carbocycles. The van der Waals surface area contributed by atoms with Gasteiger partial charge in [0.05, 0.1) is 19.3 Å². The first kappa shape index (κ1) is 12.8. The van der Waals surface area contributed by atoms with Crippen LogP contribution in [0.5, 0.6) is 0 Å². The standard InChI is InChI=1S/C13H23N3O/c1-2-5-15-13(10-14,12-3-4-12)11-16-6-8-17-9-7-16/h12,15H,2-9,11H2,1H3. The Morgan fingerprint density at radius 1 is 1.41 bits per heavy atom. The molecule has 0 bridgehead atoms. The average molecular weight is 237 g/mol. The molecule has 96 valence electrons. The minimum atomic E-state index is -0.312. The fourth-order valence-corrected chi connectivity index (χ4v) is 2.53. The lowest BCUT2D eigenvalue weighted by Crippen LogP contribution is -2.56. The van der Waals surface area contributed by atoms with Crippen molar-refractivity contribution in [3.05, 3.63) is 0 Å². The molecule has 0 aromatic rings. The van der Waals surface area contributed by atoms with Crippen LogP contribution in [0, 0.1) is 17.2 Å². The second-order valence-corrected chi connectivity index (χ2v) is 5.17. The fraction of sp³-hybridized carbons (Fsp3) is 0.923. The Kier molecular flexibility index (Phi) is 4.38. The van der Waals surface area contributed by atoms with E-state index in [-0.39, 0.29) is 5.54 Å². The van der Waals surface area contributed by atoms with E-state index in [4.69, 9.17) is 4.74 Å². The third kappa shape index (κ3) is 3.19. The predicted octanol–water partition coefficient (Wildman–Crippen LogP) is 0.991. The number of nitrogens with one attached hydrogen (secondary N) is 1. The van der Waals surface area contributed by atoms with Gasteiger partial charge in [-0.3, -0.25) is 10.2 Å². The third-order valence-corrected chi connectivity index (χ3v) is 3.74. The van der Waals surface area contributed by atoms with Crippen LogP contribution in [-0.4, -0.2) is 49.8 Å². The van der Waals surface area contributed by atoms with E-state index in [0.29, 0.717) is 5.92 Å². The van der Waals surface area contributed by atoms with Crippen molar-refractivity contribution >= 4 is 0 Å². The van der Waals surface area contributed by atoms with Gasteiger partial charge >= 0.3 is 0 Å². The summed E-state index contributed by atoms with van der Waals surface area (Å²) in [5.74, 6) is 0.557. The first-order valence-corrected chi connectivity index (χ1v) is 6.77. The molecule has 1 heterocycles. The van der Waals surface area contributed by atoms with Gasteiger partial charge in [0, 0.05) is 19.6 Å². The number of nitriles is 1. The van der Waals surface area contributed by atoms with E-state index < -0.39 is 0 Å². The molecule has 1 aliphatic heterocycles. The van der Waals surface area contributed by atoms with Crippen LogP contribution in [0.15, 0.2) is 0 Å². The zero-order chi connectivity index (χ0) is 12.1. The number of hydrogen-bond acceptors (Lipinski definition) is 4. The van der Waals surface area contributed by atoms with Crippen LogP contribution in [-0.2, 0) is 4.74 Å². The van der Waals surface area contributed by atoms with Crippen LogP contribution >= 0.6 is 0 Å². The lowest BCUT2D eigenvalue weighted by atomic mass is 9.93. The van der Waals surface area contributed by atoms with Crippen molar-refractivity contribution in [2.75, 3.05) is 39.4 Å². The number of hydrogen-bond donors (Lipinski definition) is 1. The fourth-order valence-electron chi connectivity index (χ4n) is 2.53. The molecule has 2 aliphatic rings. The number of ether oxygens (including phenoxy) is 1. The van der Waals surface area contributed by atoms with Gasteiger partial charge in [0.25, 0.3) is 0 Å². The van der Waals surface area contributed by atoms with E-state index in [1.165, 1.54) is 12.8 Å². The summed E-state index contributed by atoms with van der Waals surface area (Å²) in [6.45, 7) is 7.48. The van der Waals surface area contributed by atoms with Gasteiger partial charge in [-0.1, -0.05) is 6.92 Å². The molecule has 0 amide bonds. The minimum absolute atomic E-state index is 0.312. The molecule has 17 heavy (non-hydrogen) atoms. The van der Waals surface area contributed by atoms with Crippen LogP contribution in [0.1, 0.15) is 26.2 Å². The predicted molar refractivity (Wildman–Crippen MR) is 66.6 cm³/mol. The third-order valence-electron chi connectivity index (χ3n) is 3.74. The zero-order valence-corrected chi connectivity index (χ0v) is 10.7. The summed E-state index contributed by atoms with van der Waals surface area (Å²) in [5, 5.41) is 13.1. The first-order valence-electron chi connectivity index (χ1n) is 6.77. The zero-order valence-electron chi connectivity index (χ0n) is 10.7. The summed E-state index contributed by atoms with van der Waals surface area (Å²) in [7, 11) is 0. The maximum Gasteiger partial charge on any atom is 0.122 e. The Balaban J connectivity index is 1.96. The molecule has 0 aromatic carbocycles. The highest BCUT2D eigenvalue weighted by Gasteiger charge is 2.46. The Labute approximate surface area is 104 Å². The van der Waals surface area contributed by atoms with Gasteiger partial charge in [0.15, 0.2) is 0 Å². The van der Waals surface area contributed by atoms with E-state index in [0.717, 1.165) is 45.8 Å². The molecular weight excluding hydrogens is 214 g/mol. The van der Waals surface area contributed by atoms with Crippen molar-refractivity contribution in [3.63, 3.8) is 0 Å². The van der Waals surface area contributed by atoms with Crippen molar-refractivity contribution in [1.82, 2.24) is 10.2 Å². The smallest absolute Gasteiger partial charge is 0.122 e. The van der Waals surface area contributed by atoms with Gasteiger partial charge in [-0.15, -0.1) is 0 Å².